The first kappa shape index (κ1) is 26.4. The lowest BCUT2D eigenvalue weighted by molar-refractivity contribution is -0.127. The van der Waals surface area contributed by atoms with Gasteiger partial charge in [0.05, 0.1) is 23.8 Å². The zero-order valence-corrected chi connectivity index (χ0v) is 22.8. The van der Waals surface area contributed by atoms with Crippen molar-refractivity contribution in [1.29, 1.82) is 5.26 Å². The number of oxazole rings is 1. The summed E-state index contributed by atoms with van der Waals surface area (Å²) in [5.41, 5.74) is 1.94. The number of rotatable bonds is 6. The van der Waals surface area contributed by atoms with Crippen LogP contribution in [-0.4, -0.2) is 54.4 Å². The highest BCUT2D eigenvalue weighted by atomic mass is 32.2. The smallest absolute Gasteiger partial charge is 0.245 e. The maximum atomic E-state index is 13.6. The van der Waals surface area contributed by atoms with Crippen molar-refractivity contribution in [3.05, 3.63) is 54.2 Å². The number of nitriles is 1. The fourth-order valence-electron chi connectivity index (χ4n) is 5.68. The van der Waals surface area contributed by atoms with Crippen LogP contribution in [0.5, 0.6) is 0 Å². The Balaban J connectivity index is 1.35. The van der Waals surface area contributed by atoms with E-state index in [1.165, 1.54) is 12.1 Å². The molecule has 2 aromatic heterocycles. The lowest BCUT2D eigenvalue weighted by Gasteiger charge is -2.30. The molecule has 1 amide bonds. The predicted molar refractivity (Wildman–Crippen MR) is 146 cm³/mol. The quantitative estimate of drug-likeness (QED) is 0.472. The van der Waals surface area contributed by atoms with E-state index in [0.717, 1.165) is 36.7 Å². The van der Waals surface area contributed by atoms with Crippen molar-refractivity contribution >= 4 is 21.4 Å². The Morgan fingerprint density at radius 1 is 1.10 bits per heavy atom. The van der Waals surface area contributed by atoms with Crippen LogP contribution < -0.4 is 10.2 Å². The van der Waals surface area contributed by atoms with Gasteiger partial charge >= 0.3 is 0 Å². The summed E-state index contributed by atoms with van der Waals surface area (Å²) in [6.45, 7) is 0.890. The topological polar surface area (TPSA) is 129 Å². The SMILES string of the molecule is N#CC1(NC(=O)C2CCCCC2c2oc(-c3ccc(F)cn3)nc2-c2ccc(N3CCS(=O)(=O)CC3)cc2)CC1. The largest absolute Gasteiger partial charge is 0.439 e. The van der Waals surface area contributed by atoms with Crippen molar-refractivity contribution in [2.45, 2.75) is 50.0 Å². The maximum absolute atomic E-state index is 13.6. The Labute approximate surface area is 232 Å². The van der Waals surface area contributed by atoms with E-state index >= 15 is 0 Å². The first-order valence-electron chi connectivity index (χ1n) is 13.7. The summed E-state index contributed by atoms with van der Waals surface area (Å²) in [5, 5.41) is 12.5. The molecule has 3 heterocycles. The minimum absolute atomic E-state index is 0.133. The molecule has 3 fully saturated rings. The van der Waals surface area contributed by atoms with E-state index in [1.807, 2.05) is 29.2 Å². The van der Waals surface area contributed by atoms with E-state index in [9.17, 15) is 22.9 Å². The zero-order valence-electron chi connectivity index (χ0n) is 22.0. The molecule has 6 rings (SSSR count). The number of nitrogens with one attached hydrogen (secondary N) is 1. The number of carbonyl (C=O) groups excluding carboxylic acids is 1. The van der Waals surface area contributed by atoms with Crippen molar-refractivity contribution in [3.8, 4) is 28.9 Å². The standard InChI is InChI=1S/C29H30FN5O4S/c30-20-7-10-24(32-17-20)28-33-25(19-5-8-21(9-6-19)35-13-15-40(37,38)16-14-35)26(39-28)22-3-1-2-4-23(22)27(36)34-29(18-31)11-12-29/h5-10,17,22-23H,1-4,11-16H2,(H,34,36). The van der Waals surface area contributed by atoms with E-state index in [2.05, 4.69) is 16.4 Å². The molecule has 1 aromatic carbocycles. The highest BCUT2D eigenvalue weighted by Crippen LogP contribution is 2.45. The minimum Gasteiger partial charge on any atom is -0.439 e. The van der Waals surface area contributed by atoms with Crippen molar-refractivity contribution < 1.29 is 22.0 Å². The van der Waals surface area contributed by atoms with Gasteiger partial charge in [0, 0.05) is 36.2 Å². The average molecular weight is 564 g/mol. The number of hydrogen-bond acceptors (Lipinski definition) is 8. The summed E-state index contributed by atoms with van der Waals surface area (Å²) in [5.74, 6) is -0.115. The van der Waals surface area contributed by atoms with Gasteiger partial charge in [0.15, 0.2) is 9.84 Å². The lowest BCUT2D eigenvalue weighted by Crippen LogP contribution is -2.42. The summed E-state index contributed by atoms with van der Waals surface area (Å²) in [6, 6.07) is 12.8. The Morgan fingerprint density at radius 3 is 2.48 bits per heavy atom. The molecule has 1 saturated heterocycles. The van der Waals surface area contributed by atoms with Gasteiger partial charge in [0.1, 0.15) is 28.5 Å². The number of nitrogens with zero attached hydrogens (tertiary/aromatic N) is 4. The molecule has 0 radical (unpaired) electrons. The van der Waals surface area contributed by atoms with Crippen LogP contribution in [-0.2, 0) is 14.6 Å². The second-order valence-corrected chi connectivity index (χ2v) is 13.3. The molecule has 2 aliphatic carbocycles. The fraction of sp³-hybridized carbons (Fsp3) is 0.448. The van der Waals surface area contributed by atoms with Gasteiger partial charge in [0.2, 0.25) is 11.8 Å². The van der Waals surface area contributed by atoms with Crippen molar-refractivity contribution in [1.82, 2.24) is 15.3 Å². The molecule has 9 nitrogen and oxygen atoms in total. The summed E-state index contributed by atoms with van der Waals surface area (Å²) in [6.07, 6.45) is 5.69. The van der Waals surface area contributed by atoms with Crippen LogP contribution in [0.4, 0.5) is 10.1 Å². The number of sulfone groups is 1. The van der Waals surface area contributed by atoms with Gasteiger partial charge in [-0.05, 0) is 49.9 Å². The zero-order chi connectivity index (χ0) is 27.9. The molecular weight excluding hydrogens is 533 g/mol. The first-order valence-corrected chi connectivity index (χ1v) is 15.5. The normalized spacial score (nSPS) is 23.2. The minimum atomic E-state index is -2.98. The Morgan fingerprint density at radius 2 is 1.82 bits per heavy atom. The van der Waals surface area contributed by atoms with Crippen molar-refractivity contribution in [3.63, 3.8) is 0 Å². The number of aromatic nitrogens is 2. The molecule has 3 aliphatic rings. The average Bonchev–Trinajstić information content (AvgIpc) is 3.60. The van der Waals surface area contributed by atoms with E-state index in [-0.39, 0.29) is 35.1 Å². The molecule has 1 N–H and O–H groups in total. The number of hydrogen-bond donors (Lipinski definition) is 1. The molecule has 40 heavy (non-hydrogen) atoms. The highest BCUT2D eigenvalue weighted by molar-refractivity contribution is 7.91. The molecule has 0 spiro atoms. The Bertz CT molecular complexity index is 1550. The third kappa shape index (κ3) is 5.32. The number of anilines is 1. The molecule has 2 saturated carbocycles. The third-order valence-electron chi connectivity index (χ3n) is 8.22. The van der Waals surface area contributed by atoms with Crippen LogP contribution in [0.25, 0.3) is 22.8 Å². The summed E-state index contributed by atoms with van der Waals surface area (Å²) in [7, 11) is -2.98. The van der Waals surface area contributed by atoms with Gasteiger partial charge < -0.3 is 14.6 Å². The lowest BCUT2D eigenvalue weighted by atomic mass is 9.76. The summed E-state index contributed by atoms with van der Waals surface area (Å²) < 4.78 is 43.6. The van der Waals surface area contributed by atoms with E-state index in [1.54, 1.807) is 0 Å². The van der Waals surface area contributed by atoms with Gasteiger partial charge in [-0.3, -0.25) is 4.79 Å². The number of benzene rings is 1. The third-order valence-corrected chi connectivity index (χ3v) is 9.83. The monoisotopic (exact) mass is 563 g/mol. The van der Waals surface area contributed by atoms with Gasteiger partial charge in [-0.15, -0.1) is 0 Å². The molecule has 1 aliphatic heterocycles. The van der Waals surface area contributed by atoms with E-state index in [0.29, 0.717) is 49.5 Å². The summed E-state index contributed by atoms with van der Waals surface area (Å²) >= 11 is 0. The number of carbonyl (C=O) groups is 1. The fourth-order valence-corrected chi connectivity index (χ4v) is 6.88. The molecule has 11 heteroatoms. The maximum Gasteiger partial charge on any atom is 0.245 e. The van der Waals surface area contributed by atoms with E-state index < -0.39 is 21.2 Å². The number of halogens is 1. The predicted octanol–water partition coefficient (Wildman–Crippen LogP) is 4.22. The Hall–Kier alpha value is -3.78. The Kier molecular flexibility index (Phi) is 6.82. The number of pyridine rings is 1. The van der Waals surface area contributed by atoms with Crippen LogP contribution in [0.15, 0.2) is 47.0 Å². The second kappa shape index (κ2) is 10.3. The molecule has 208 valence electrons. The molecule has 2 atom stereocenters. The van der Waals surface area contributed by atoms with Gasteiger partial charge in [-0.1, -0.05) is 25.0 Å². The van der Waals surface area contributed by atoms with Crippen molar-refractivity contribution in [2.75, 3.05) is 29.5 Å². The van der Waals surface area contributed by atoms with Crippen LogP contribution in [0, 0.1) is 23.1 Å². The van der Waals surface area contributed by atoms with Gasteiger partial charge in [-0.25, -0.2) is 22.8 Å². The molecule has 0 bridgehead atoms. The first-order chi connectivity index (χ1) is 19.3. The van der Waals surface area contributed by atoms with Gasteiger partial charge in [-0.2, -0.15) is 5.26 Å². The van der Waals surface area contributed by atoms with Crippen LogP contribution in [0.3, 0.4) is 0 Å². The molecule has 3 aromatic rings. The van der Waals surface area contributed by atoms with Gasteiger partial charge in [0.25, 0.3) is 0 Å². The van der Waals surface area contributed by atoms with Crippen LogP contribution >= 0.6 is 0 Å². The number of amides is 1. The van der Waals surface area contributed by atoms with E-state index in [4.69, 9.17) is 9.40 Å². The summed E-state index contributed by atoms with van der Waals surface area (Å²) in [4.78, 5) is 24.4. The van der Waals surface area contributed by atoms with Crippen LogP contribution in [0.2, 0.25) is 0 Å². The molecular formula is C29H30FN5O4S. The molecule has 2 unspecified atom stereocenters. The second-order valence-electron chi connectivity index (χ2n) is 11.0. The van der Waals surface area contributed by atoms with Crippen LogP contribution in [0.1, 0.15) is 50.2 Å². The highest BCUT2D eigenvalue weighted by Gasteiger charge is 2.47. The van der Waals surface area contributed by atoms with Crippen molar-refractivity contribution in [2.24, 2.45) is 5.92 Å².